The first-order valence-electron chi connectivity index (χ1n) is 4.95. The Bertz CT molecular complexity index is 359. The monoisotopic (exact) mass is 210 g/mol. The van der Waals surface area contributed by atoms with Gasteiger partial charge in [-0.3, -0.25) is 14.4 Å². The standard InChI is InChI=1S/C9H14N4O2/c1-12-8(10-6-11-12)4-13(5-9(14)15)7-2-3-7/h6-7H,2-5H2,1H3,(H,14,15). The van der Waals surface area contributed by atoms with Gasteiger partial charge in [0, 0.05) is 13.1 Å². The number of aromatic nitrogens is 3. The number of hydrogen-bond acceptors (Lipinski definition) is 4. The zero-order valence-corrected chi connectivity index (χ0v) is 8.63. The van der Waals surface area contributed by atoms with E-state index in [9.17, 15) is 4.79 Å². The minimum atomic E-state index is -0.788. The van der Waals surface area contributed by atoms with Crippen molar-refractivity contribution in [1.29, 1.82) is 0 Å². The first-order valence-corrected chi connectivity index (χ1v) is 4.95. The molecule has 82 valence electrons. The van der Waals surface area contributed by atoms with Gasteiger partial charge in [0.25, 0.3) is 0 Å². The van der Waals surface area contributed by atoms with Crippen LogP contribution in [-0.2, 0) is 18.4 Å². The fourth-order valence-electron chi connectivity index (χ4n) is 1.57. The molecule has 15 heavy (non-hydrogen) atoms. The van der Waals surface area contributed by atoms with Gasteiger partial charge in [0.15, 0.2) is 0 Å². The van der Waals surface area contributed by atoms with Gasteiger partial charge < -0.3 is 5.11 Å². The average molecular weight is 210 g/mol. The molecule has 1 fully saturated rings. The zero-order chi connectivity index (χ0) is 10.8. The third-order valence-corrected chi connectivity index (χ3v) is 2.55. The van der Waals surface area contributed by atoms with Gasteiger partial charge in [-0.05, 0) is 12.8 Å². The summed E-state index contributed by atoms with van der Waals surface area (Å²) in [4.78, 5) is 16.7. The van der Waals surface area contributed by atoms with Crippen molar-refractivity contribution in [3.63, 3.8) is 0 Å². The van der Waals surface area contributed by atoms with E-state index in [1.165, 1.54) is 6.33 Å². The van der Waals surface area contributed by atoms with E-state index in [0.717, 1.165) is 18.7 Å². The number of nitrogens with zero attached hydrogens (tertiary/aromatic N) is 4. The average Bonchev–Trinajstić information content (AvgIpc) is 2.92. The van der Waals surface area contributed by atoms with E-state index in [1.54, 1.807) is 4.68 Å². The molecular weight excluding hydrogens is 196 g/mol. The molecule has 0 radical (unpaired) electrons. The van der Waals surface area contributed by atoms with Crippen LogP contribution in [0.4, 0.5) is 0 Å². The summed E-state index contributed by atoms with van der Waals surface area (Å²) < 4.78 is 1.68. The van der Waals surface area contributed by atoms with Crippen LogP contribution >= 0.6 is 0 Å². The van der Waals surface area contributed by atoms with Crippen molar-refractivity contribution in [3.8, 4) is 0 Å². The summed E-state index contributed by atoms with van der Waals surface area (Å²) in [7, 11) is 1.81. The molecule has 2 rings (SSSR count). The third kappa shape index (κ3) is 2.53. The molecule has 6 heteroatoms. The Labute approximate surface area is 87.5 Å². The molecule has 0 aromatic carbocycles. The molecule has 1 aliphatic carbocycles. The molecular formula is C9H14N4O2. The maximum absolute atomic E-state index is 10.7. The number of carbonyl (C=O) groups is 1. The van der Waals surface area contributed by atoms with Crippen molar-refractivity contribution in [2.45, 2.75) is 25.4 Å². The molecule has 6 nitrogen and oxygen atoms in total. The van der Waals surface area contributed by atoms with Crippen molar-refractivity contribution < 1.29 is 9.90 Å². The molecule has 0 spiro atoms. The second-order valence-corrected chi connectivity index (χ2v) is 3.83. The number of rotatable bonds is 5. The summed E-state index contributed by atoms with van der Waals surface area (Å²) in [6.07, 6.45) is 3.66. The lowest BCUT2D eigenvalue weighted by Crippen LogP contribution is -2.32. The van der Waals surface area contributed by atoms with Crippen molar-refractivity contribution in [3.05, 3.63) is 12.2 Å². The van der Waals surface area contributed by atoms with Gasteiger partial charge in [-0.25, -0.2) is 4.98 Å². The Kier molecular flexibility index (Phi) is 2.68. The normalized spacial score (nSPS) is 15.9. The molecule has 0 atom stereocenters. The molecule has 0 amide bonds. The first kappa shape index (κ1) is 10.1. The lowest BCUT2D eigenvalue weighted by atomic mass is 10.4. The third-order valence-electron chi connectivity index (χ3n) is 2.55. The zero-order valence-electron chi connectivity index (χ0n) is 8.63. The van der Waals surface area contributed by atoms with Crippen LogP contribution in [0.5, 0.6) is 0 Å². The number of carboxylic acids is 1. The maximum atomic E-state index is 10.7. The lowest BCUT2D eigenvalue weighted by Gasteiger charge is -2.18. The number of carboxylic acid groups (broad SMARTS) is 1. The summed E-state index contributed by atoms with van der Waals surface area (Å²) in [5.41, 5.74) is 0. The predicted molar refractivity (Wildman–Crippen MR) is 52.1 cm³/mol. The second-order valence-electron chi connectivity index (χ2n) is 3.83. The highest BCUT2D eigenvalue weighted by molar-refractivity contribution is 5.69. The summed E-state index contributed by atoms with van der Waals surface area (Å²) >= 11 is 0. The summed E-state index contributed by atoms with van der Waals surface area (Å²) in [5, 5.41) is 12.7. The fourth-order valence-corrected chi connectivity index (χ4v) is 1.57. The largest absolute Gasteiger partial charge is 0.480 e. The second kappa shape index (κ2) is 3.98. The molecule has 1 heterocycles. The molecule has 1 saturated carbocycles. The van der Waals surface area contributed by atoms with Gasteiger partial charge in [-0.2, -0.15) is 5.10 Å². The highest BCUT2D eigenvalue weighted by atomic mass is 16.4. The number of aryl methyl sites for hydroxylation is 1. The first-order chi connectivity index (χ1) is 7.16. The van der Waals surface area contributed by atoms with Crippen LogP contribution in [0.3, 0.4) is 0 Å². The van der Waals surface area contributed by atoms with E-state index in [4.69, 9.17) is 5.11 Å². The van der Waals surface area contributed by atoms with Crippen LogP contribution < -0.4 is 0 Å². The van der Waals surface area contributed by atoms with E-state index in [1.807, 2.05) is 11.9 Å². The number of aliphatic carboxylic acids is 1. The van der Waals surface area contributed by atoms with E-state index in [2.05, 4.69) is 10.1 Å². The molecule has 0 aliphatic heterocycles. The minimum absolute atomic E-state index is 0.0809. The quantitative estimate of drug-likeness (QED) is 0.732. The Hall–Kier alpha value is -1.43. The van der Waals surface area contributed by atoms with Crippen LogP contribution in [0.25, 0.3) is 0 Å². The highest BCUT2D eigenvalue weighted by Gasteiger charge is 2.30. The smallest absolute Gasteiger partial charge is 0.317 e. The summed E-state index contributed by atoms with van der Waals surface area (Å²) in [5.74, 6) is 0.0206. The van der Waals surface area contributed by atoms with Gasteiger partial charge in [0.1, 0.15) is 12.2 Å². The van der Waals surface area contributed by atoms with Gasteiger partial charge in [0.2, 0.25) is 0 Å². The minimum Gasteiger partial charge on any atom is -0.480 e. The van der Waals surface area contributed by atoms with Gasteiger partial charge in [-0.15, -0.1) is 0 Å². The topological polar surface area (TPSA) is 71.2 Å². The van der Waals surface area contributed by atoms with Crippen LogP contribution in [0.1, 0.15) is 18.7 Å². The number of hydrogen-bond donors (Lipinski definition) is 1. The molecule has 0 saturated heterocycles. The van der Waals surface area contributed by atoms with Crippen molar-refractivity contribution >= 4 is 5.97 Å². The Morgan fingerprint density at radius 1 is 1.73 bits per heavy atom. The SMILES string of the molecule is Cn1ncnc1CN(CC(=O)O)C1CC1. The van der Waals surface area contributed by atoms with E-state index in [-0.39, 0.29) is 6.54 Å². The van der Waals surface area contributed by atoms with Gasteiger partial charge in [-0.1, -0.05) is 0 Å². The predicted octanol–water partition coefficient (Wildman–Crippen LogP) is -0.136. The summed E-state index contributed by atoms with van der Waals surface area (Å²) in [6, 6.07) is 0.415. The van der Waals surface area contributed by atoms with Crippen LogP contribution in [-0.4, -0.2) is 43.3 Å². The van der Waals surface area contributed by atoms with Crippen LogP contribution in [0.15, 0.2) is 6.33 Å². The molecule has 1 N–H and O–H groups in total. The Morgan fingerprint density at radius 2 is 2.47 bits per heavy atom. The van der Waals surface area contributed by atoms with Crippen LogP contribution in [0.2, 0.25) is 0 Å². The Morgan fingerprint density at radius 3 is 2.93 bits per heavy atom. The molecule has 0 unspecified atom stereocenters. The molecule has 1 aliphatic rings. The van der Waals surface area contributed by atoms with E-state index in [0.29, 0.717) is 12.6 Å². The van der Waals surface area contributed by atoms with Crippen molar-refractivity contribution in [2.24, 2.45) is 7.05 Å². The van der Waals surface area contributed by atoms with Gasteiger partial charge in [0.05, 0.1) is 13.1 Å². The Balaban J connectivity index is 2.00. The van der Waals surface area contributed by atoms with Crippen molar-refractivity contribution in [1.82, 2.24) is 19.7 Å². The molecule has 1 aromatic heterocycles. The van der Waals surface area contributed by atoms with Gasteiger partial charge >= 0.3 is 5.97 Å². The van der Waals surface area contributed by atoms with Crippen molar-refractivity contribution in [2.75, 3.05) is 6.54 Å². The fraction of sp³-hybridized carbons (Fsp3) is 0.667. The highest BCUT2D eigenvalue weighted by Crippen LogP contribution is 2.27. The molecule has 0 bridgehead atoms. The van der Waals surface area contributed by atoms with E-state index < -0.39 is 5.97 Å². The molecule has 1 aromatic rings. The van der Waals surface area contributed by atoms with E-state index >= 15 is 0 Å². The lowest BCUT2D eigenvalue weighted by molar-refractivity contribution is -0.138. The summed E-state index contributed by atoms with van der Waals surface area (Å²) in [6.45, 7) is 0.644. The van der Waals surface area contributed by atoms with Crippen LogP contribution in [0, 0.1) is 0 Å². The maximum Gasteiger partial charge on any atom is 0.317 e.